The minimum absolute atomic E-state index is 0.538. The summed E-state index contributed by atoms with van der Waals surface area (Å²) in [6.07, 6.45) is 4.34. The summed E-state index contributed by atoms with van der Waals surface area (Å²) < 4.78 is 0. The summed E-state index contributed by atoms with van der Waals surface area (Å²) in [5.74, 6) is 0.612. The molecule has 2 unspecified atom stereocenters. The van der Waals surface area contributed by atoms with Gasteiger partial charge in [0.15, 0.2) is 0 Å². The predicted molar refractivity (Wildman–Crippen MR) is 53.8 cm³/mol. The van der Waals surface area contributed by atoms with Crippen molar-refractivity contribution >= 4 is 0 Å². The maximum absolute atomic E-state index is 4.47. The van der Waals surface area contributed by atoms with Gasteiger partial charge in [-0.15, -0.1) is 0 Å². The van der Waals surface area contributed by atoms with Crippen molar-refractivity contribution in [3.63, 3.8) is 0 Å². The van der Waals surface area contributed by atoms with Gasteiger partial charge >= 0.3 is 0 Å². The Bertz CT molecular complexity index is 296. The summed E-state index contributed by atoms with van der Waals surface area (Å²) in [6, 6.07) is 4.77. The number of hydrogen-bond acceptors (Lipinski definition) is 2. The fourth-order valence-corrected chi connectivity index (χ4v) is 2.13. The molecule has 13 heavy (non-hydrogen) atoms. The highest BCUT2D eigenvalue weighted by Gasteiger charge is 2.27. The van der Waals surface area contributed by atoms with Crippen molar-refractivity contribution in [2.24, 2.45) is 0 Å². The van der Waals surface area contributed by atoms with Crippen molar-refractivity contribution in [2.75, 3.05) is 7.05 Å². The van der Waals surface area contributed by atoms with E-state index in [2.05, 4.69) is 23.3 Å². The molecule has 2 nitrogen and oxygen atoms in total. The van der Waals surface area contributed by atoms with Gasteiger partial charge in [-0.2, -0.15) is 0 Å². The number of rotatable bonds is 2. The molecule has 0 saturated heterocycles. The second kappa shape index (κ2) is 3.46. The molecule has 0 saturated carbocycles. The minimum atomic E-state index is 0.538. The van der Waals surface area contributed by atoms with Gasteiger partial charge in [0.05, 0.1) is 0 Å². The van der Waals surface area contributed by atoms with E-state index in [4.69, 9.17) is 0 Å². The number of aromatic nitrogens is 1. The average molecular weight is 176 g/mol. The number of nitrogens with one attached hydrogen (secondary N) is 1. The van der Waals surface area contributed by atoms with Crippen LogP contribution < -0.4 is 5.32 Å². The summed E-state index contributed by atoms with van der Waals surface area (Å²) in [6.45, 7) is 2.23. The van der Waals surface area contributed by atoms with E-state index in [0.717, 1.165) is 0 Å². The zero-order chi connectivity index (χ0) is 9.26. The molecular weight excluding hydrogens is 160 g/mol. The van der Waals surface area contributed by atoms with E-state index in [1.165, 1.54) is 24.1 Å². The van der Waals surface area contributed by atoms with Gasteiger partial charge in [0, 0.05) is 23.9 Å². The van der Waals surface area contributed by atoms with Crippen LogP contribution in [0.15, 0.2) is 18.3 Å². The Morgan fingerprint density at radius 2 is 2.46 bits per heavy atom. The van der Waals surface area contributed by atoms with E-state index in [-0.39, 0.29) is 0 Å². The van der Waals surface area contributed by atoms with E-state index in [9.17, 15) is 0 Å². The summed E-state index contributed by atoms with van der Waals surface area (Å²) in [5, 5.41) is 3.31. The molecule has 0 spiro atoms. The number of nitrogens with zero attached hydrogens (tertiary/aromatic N) is 1. The fraction of sp³-hybridized carbons (Fsp3) is 0.545. The van der Waals surface area contributed by atoms with Crippen molar-refractivity contribution in [2.45, 2.75) is 31.7 Å². The first-order valence-corrected chi connectivity index (χ1v) is 4.94. The van der Waals surface area contributed by atoms with E-state index >= 15 is 0 Å². The highest BCUT2D eigenvalue weighted by atomic mass is 14.9. The molecule has 1 aromatic rings. The standard InChI is InChI=1S/C11H16N2/c1-8(12-2)10-6-5-9-4-3-7-13-11(9)10/h3-4,7-8,10,12H,5-6H2,1-2H3. The van der Waals surface area contributed by atoms with E-state index in [0.29, 0.717) is 12.0 Å². The Morgan fingerprint density at radius 3 is 3.23 bits per heavy atom. The largest absolute Gasteiger partial charge is 0.317 e. The lowest BCUT2D eigenvalue weighted by Gasteiger charge is -2.18. The quantitative estimate of drug-likeness (QED) is 0.742. The predicted octanol–water partition coefficient (Wildman–Crippen LogP) is 1.72. The van der Waals surface area contributed by atoms with Crippen molar-refractivity contribution in [3.05, 3.63) is 29.6 Å². The normalized spacial score (nSPS) is 22.8. The summed E-state index contributed by atoms with van der Waals surface area (Å²) >= 11 is 0. The highest BCUT2D eigenvalue weighted by Crippen LogP contribution is 2.33. The minimum Gasteiger partial charge on any atom is -0.317 e. The topological polar surface area (TPSA) is 24.9 Å². The molecular formula is C11H16N2. The zero-order valence-corrected chi connectivity index (χ0v) is 8.25. The molecule has 70 valence electrons. The van der Waals surface area contributed by atoms with Gasteiger partial charge in [0.1, 0.15) is 0 Å². The molecule has 1 heterocycles. The molecule has 0 aliphatic heterocycles. The number of fused-ring (bicyclic) bond motifs is 1. The van der Waals surface area contributed by atoms with Crippen molar-refractivity contribution in [3.8, 4) is 0 Å². The third-order valence-electron chi connectivity index (χ3n) is 3.06. The first-order valence-electron chi connectivity index (χ1n) is 4.94. The van der Waals surface area contributed by atoms with Crippen LogP contribution in [0.5, 0.6) is 0 Å². The molecule has 0 aromatic carbocycles. The maximum atomic E-state index is 4.47. The smallest absolute Gasteiger partial charge is 0.0481 e. The van der Waals surface area contributed by atoms with Crippen LogP contribution in [0.25, 0.3) is 0 Å². The van der Waals surface area contributed by atoms with E-state index in [1.807, 2.05) is 19.3 Å². The van der Waals surface area contributed by atoms with Gasteiger partial charge < -0.3 is 5.32 Å². The SMILES string of the molecule is CNC(C)C1CCc2cccnc21. The Labute approximate surface area is 79.4 Å². The van der Waals surface area contributed by atoms with Gasteiger partial charge in [-0.3, -0.25) is 4.98 Å². The molecule has 0 bridgehead atoms. The Hall–Kier alpha value is -0.890. The lowest BCUT2D eigenvalue weighted by atomic mass is 9.99. The molecule has 1 aliphatic rings. The van der Waals surface area contributed by atoms with Crippen molar-refractivity contribution < 1.29 is 0 Å². The monoisotopic (exact) mass is 176 g/mol. The summed E-state index contributed by atoms with van der Waals surface area (Å²) in [7, 11) is 2.02. The number of aryl methyl sites for hydroxylation is 1. The Balaban J connectivity index is 2.28. The van der Waals surface area contributed by atoms with Gasteiger partial charge in [-0.05, 0) is 38.4 Å². The van der Waals surface area contributed by atoms with Crippen LogP contribution in [0.1, 0.15) is 30.5 Å². The fourth-order valence-electron chi connectivity index (χ4n) is 2.13. The zero-order valence-electron chi connectivity index (χ0n) is 8.25. The molecule has 2 atom stereocenters. The summed E-state index contributed by atoms with van der Waals surface area (Å²) in [5.41, 5.74) is 2.75. The maximum Gasteiger partial charge on any atom is 0.0481 e. The highest BCUT2D eigenvalue weighted by molar-refractivity contribution is 5.29. The Kier molecular flexibility index (Phi) is 2.32. The number of likely N-dealkylation sites (N-methyl/N-ethyl adjacent to an activating group) is 1. The first-order chi connectivity index (χ1) is 6.33. The van der Waals surface area contributed by atoms with Crippen LogP contribution in [0.2, 0.25) is 0 Å². The molecule has 0 fully saturated rings. The molecule has 0 radical (unpaired) electrons. The van der Waals surface area contributed by atoms with Crippen LogP contribution >= 0.6 is 0 Å². The molecule has 0 amide bonds. The number of pyridine rings is 1. The van der Waals surface area contributed by atoms with E-state index in [1.54, 1.807) is 0 Å². The average Bonchev–Trinajstić information content (AvgIpc) is 2.60. The molecule has 1 aliphatic carbocycles. The van der Waals surface area contributed by atoms with Crippen LogP contribution in [-0.4, -0.2) is 18.1 Å². The van der Waals surface area contributed by atoms with Crippen molar-refractivity contribution in [1.82, 2.24) is 10.3 Å². The number of hydrogen-bond donors (Lipinski definition) is 1. The van der Waals surface area contributed by atoms with Crippen molar-refractivity contribution in [1.29, 1.82) is 0 Å². The molecule has 2 heteroatoms. The first kappa shape index (κ1) is 8.70. The van der Waals surface area contributed by atoms with Crippen LogP contribution in [0, 0.1) is 0 Å². The van der Waals surface area contributed by atoms with Gasteiger partial charge in [0.2, 0.25) is 0 Å². The van der Waals surface area contributed by atoms with Gasteiger partial charge in [-0.1, -0.05) is 6.07 Å². The van der Waals surface area contributed by atoms with Crippen LogP contribution in [0.3, 0.4) is 0 Å². The van der Waals surface area contributed by atoms with Gasteiger partial charge in [-0.25, -0.2) is 0 Å². The van der Waals surface area contributed by atoms with Crippen LogP contribution in [-0.2, 0) is 6.42 Å². The van der Waals surface area contributed by atoms with E-state index < -0.39 is 0 Å². The molecule has 1 aromatic heterocycles. The molecule has 2 rings (SSSR count). The molecule has 1 N–H and O–H groups in total. The lowest BCUT2D eigenvalue weighted by molar-refractivity contribution is 0.485. The third kappa shape index (κ3) is 1.46. The second-order valence-corrected chi connectivity index (χ2v) is 3.77. The van der Waals surface area contributed by atoms with Gasteiger partial charge in [0.25, 0.3) is 0 Å². The Morgan fingerprint density at radius 1 is 1.62 bits per heavy atom. The van der Waals surface area contributed by atoms with Crippen LogP contribution in [0.4, 0.5) is 0 Å². The second-order valence-electron chi connectivity index (χ2n) is 3.77. The summed E-state index contributed by atoms with van der Waals surface area (Å²) in [4.78, 5) is 4.47. The lowest BCUT2D eigenvalue weighted by Crippen LogP contribution is -2.28. The third-order valence-corrected chi connectivity index (χ3v) is 3.06.